The zero-order valence-electron chi connectivity index (χ0n) is 18.0. The zero-order valence-corrected chi connectivity index (χ0v) is 18.0. The van der Waals surface area contributed by atoms with Crippen LogP contribution in [0.1, 0.15) is 24.1 Å². The van der Waals surface area contributed by atoms with Crippen molar-refractivity contribution in [2.24, 2.45) is 0 Å². The Morgan fingerprint density at radius 1 is 1.12 bits per heavy atom. The Labute approximate surface area is 187 Å². The highest BCUT2D eigenvalue weighted by molar-refractivity contribution is 5.94. The summed E-state index contributed by atoms with van der Waals surface area (Å²) in [6, 6.07) is 7.94. The summed E-state index contributed by atoms with van der Waals surface area (Å²) in [6.07, 6.45) is -4.53. The summed E-state index contributed by atoms with van der Waals surface area (Å²) < 4.78 is 39.6. The van der Waals surface area contributed by atoms with Gasteiger partial charge < -0.3 is 20.9 Å². The van der Waals surface area contributed by atoms with Gasteiger partial charge in [-0.05, 0) is 48.9 Å². The van der Waals surface area contributed by atoms with Gasteiger partial charge in [-0.1, -0.05) is 0 Å². The van der Waals surface area contributed by atoms with Gasteiger partial charge in [0.2, 0.25) is 5.91 Å². The highest BCUT2D eigenvalue weighted by atomic mass is 19.4. The van der Waals surface area contributed by atoms with Crippen LogP contribution in [0.3, 0.4) is 0 Å². The van der Waals surface area contributed by atoms with Gasteiger partial charge in [0.25, 0.3) is 5.56 Å². The number of rotatable bonds is 4. The number of aromatic nitrogens is 2. The molecule has 0 saturated carbocycles. The maximum absolute atomic E-state index is 13.2. The van der Waals surface area contributed by atoms with Crippen LogP contribution in [0.25, 0.3) is 10.8 Å². The average Bonchev–Trinajstić information content (AvgIpc) is 2.76. The van der Waals surface area contributed by atoms with E-state index in [0.29, 0.717) is 35.2 Å². The summed E-state index contributed by atoms with van der Waals surface area (Å²) in [7, 11) is 1.74. The summed E-state index contributed by atoms with van der Waals surface area (Å²) in [5.41, 5.74) is 5.52. The number of amides is 1. The average molecular weight is 460 g/mol. The second-order valence-electron chi connectivity index (χ2n) is 8.12. The Kier molecular flexibility index (Phi) is 5.64. The minimum absolute atomic E-state index is 0.00483. The number of H-pyrrole nitrogens is 1. The molecule has 1 aliphatic heterocycles. The molecule has 2 aromatic carbocycles. The molecule has 1 saturated heterocycles. The number of nitrogen functional groups attached to an aromatic ring is 1. The number of nitrogens with zero attached hydrogens (tertiary/aromatic N) is 3. The molecule has 1 aliphatic rings. The fourth-order valence-corrected chi connectivity index (χ4v) is 3.82. The van der Waals surface area contributed by atoms with Crippen LogP contribution in [0.5, 0.6) is 0 Å². The van der Waals surface area contributed by atoms with Crippen LogP contribution in [-0.2, 0) is 11.0 Å². The molecule has 4 rings (SSSR count). The first-order valence-corrected chi connectivity index (χ1v) is 10.3. The molecule has 8 nitrogen and oxygen atoms in total. The largest absolute Gasteiger partial charge is 0.416 e. The zero-order chi connectivity index (χ0) is 23.9. The van der Waals surface area contributed by atoms with Crippen molar-refractivity contribution < 1.29 is 18.0 Å². The van der Waals surface area contributed by atoms with Crippen LogP contribution in [0, 0.1) is 0 Å². The van der Waals surface area contributed by atoms with Gasteiger partial charge in [-0.25, -0.2) is 5.10 Å². The van der Waals surface area contributed by atoms with Crippen molar-refractivity contribution in [2.45, 2.75) is 19.1 Å². The first kappa shape index (κ1) is 22.4. The lowest BCUT2D eigenvalue weighted by Crippen LogP contribution is -2.48. The van der Waals surface area contributed by atoms with Gasteiger partial charge in [-0.2, -0.15) is 18.3 Å². The third-order valence-electron chi connectivity index (χ3n) is 5.75. The van der Waals surface area contributed by atoms with Crippen LogP contribution in [-0.4, -0.2) is 47.7 Å². The van der Waals surface area contributed by atoms with E-state index in [4.69, 9.17) is 5.73 Å². The minimum Gasteiger partial charge on any atom is -0.399 e. The van der Waals surface area contributed by atoms with E-state index in [-0.39, 0.29) is 18.1 Å². The maximum Gasteiger partial charge on any atom is 0.416 e. The number of fused-ring (bicyclic) bond motifs is 1. The summed E-state index contributed by atoms with van der Waals surface area (Å²) in [5.74, 6) is 0.287. The number of likely N-dealkylation sites (N-methyl/N-ethyl adjacent to an activating group) is 1. The number of benzene rings is 2. The molecular weight excluding hydrogens is 437 g/mol. The van der Waals surface area contributed by atoms with Gasteiger partial charge in [0.15, 0.2) is 5.82 Å². The molecule has 33 heavy (non-hydrogen) atoms. The second-order valence-corrected chi connectivity index (χ2v) is 8.12. The van der Waals surface area contributed by atoms with E-state index < -0.39 is 23.3 Å². The molecular formula is C22H23F3N6O2. The molecule has 0 radical (unpaired) electrons. The number of carbonyl (C=O) groups excluding carboxylic acids is 1. The molecule has 0 spiro atoms. The monoisotopic (exact) mass is 460 g/mol. The molecule has 1 aromatic heterocycles. The highest BCUT2D eigenvalue weighted by Gasteiger charge is 2.31. The van der Waals surface area contributed by atoms with Crippen molar-refractivity contribution in [2.75, 3.05) is 42.6 Å². The lowest BCUT2D eigenvalue weighted by atomic mass is 10.0. The topological polar surface area (TPSA) is 107 Å². The molecule has 1 fully saturated rings. The van der Waals surface area contributed by atoms with Gasteiger partial charge in [0.1, 0.15) is 0 Å². The molecule has 11 heteroatoms. The fourth-order valence-electron chi connectivity index (χ4n) is 3.82. The van der Waals surface area contributed by atoms with Crippen molar-refractivity contribution in [1.29, 1.82) is 0 Å². The molecule has 4 N–H and O–H groups in total. The molecule has 2 heterocycles. The van der Waals surface area contributed by atoms with Crippen LogP contribution in [0.15, 0.2) is 41.2 Å². The number of piperazine rings is 1. The standard InChI is InChI=1S/C22H23F3N6O2/c1-12(13-7-14(22(23,24)25)9-15(26)8-13)27-20-18-10-16(3-4-17(18)21(33)29-28-20)31-6-5-30(2)19(32)11-31/h3-4,7-10,12H,5-6,11,26H2,1-2H3,(H,27,28)(H,29,33)/t12-/m1/s1. The van der Waals surface area contributed by atoms with E-state index in [1.54, 1.807) is 37.1 Å². The Bertz CT molecular complexity index is 1270. The quantitative estimate of drug-likeness (QED) is 0.517. The first-order chi connectivity index (χ1) is 15.5. The molecule has 0 aliphatic carbocycles. The lowest BCUT2D eigenvalue weighted by Gasteiger charge is -2.33. The van der Waals surface area contributed by atoms with Crippen LogP contribution in [0.4, 0.5) is 30.4 Å². The normalized spacial score (nSPS) is 15.7. The molecule has 174 valence electrons. The van der Waals surface area contributed by atoms with Crippen LogP contribution < -0.4 is 21.5 Å². The van der Waals surface area contributed by atoms with E-state index in [9.17, 15) is 22.8 Å². The number of halogens is 3. The van der Waals surface area contributed by atoms with Gasteiger partial charge in [-0.15, -0.1) is 0 Å². The predicted octanol–water partition coefficient (Wildman–Crippen LogP) is 2.98. The minimum atomic E-state index is -4.53. The van der Waals surface area contributed by atoms with Gasteiger partial charge in [0.05, 0.1) is 23.5 Å². The Hall–Kier alpha value is -3.76. The second kappa shape index (κ2) is 8.30. The van der Waals surface area contributed by atoms with Crippen molar-refractivity contribution in [1.82, 2.24) is 15.1 Å². The highest BCUT2D eigenvalue weighted by Crippen LogP contribution is 2.34. The Morgan fingerprint density at radius 3 is 2.58 bits per heavy atom. The van der Waals surface area contributed by atoms with Crippen LogP contribution >= 0.6 is 0 Å². The van der Waals surface area contributed by atoms with Gasteiger partial charge in [0, 0.05) is 36.9 Å². The molecule has 0 unspecified atom stereocenters. The maximum atomic E-state index is 13.2. The van der Waals surface area contributed by atoms with Gasteiger partial charge >= 0.3 is 6.18 Å². The smallest absolute Gasteiger partial charge is 0.399 e. The van der Waals surface area contributed by atoms with Crippen molar-refractivity contribution in [3.05, 3.63) is 57.9 Å². The number of nitrogens with one attached hydrogen (secondary N) is 2. The molecule has 1 atom stereocenters. The number of carbonyl (C=O) groups is 1. The summed E-state index contributed by atoms with van der Waals surface area (Å²) in [5, 5.41) is 10.4. The third-order valence-corrected chi connectivity index (χ3v) is 5.75. The van der Waals surface area contributed by atoms with E-state index in [2.05, 4.69) is 15.5 Å². The molecule has 0 bridgehead atoms. The third kappa shape index (κ3) is 4.57. The lowest BCUT2D eigenvalue weighted by molar-refractivity contribution is -0.137. The number of alkyl halides is 3. The fraction of sp³-hybridized carbons (Fsp3) is 0.318. The van der Waals surface area contributed by atoms with Crippen molar-refractivity contribution in [3.63, 3.8) is 0 Å². The first-order valence-electron chi connectivity index (χ1n) is 10.3. The van der Waals surface area contributed by atoms with Crippen molar-refractivity contribution >= 4 is 33.9 Å². The number of nitrogens with two attached hydrogens (primary N) is 1. The van der Waals surface area contributed by atoms with E-state index in [0.717, 1.165) is 17.8 Å². The number of anilines is 3. The van der Waals surface area contributed by atoms with Crippen LogP contribution in [0.2, 0.25) is 0 Å². The molecule has 1 amide bonds. The summed E-state index contributed by atoms with van der Waals surface area (Å²) in [6.45, 7) is 3.09. The summed E-state index contributed by atoms with van der Waals surface area (Å²) >= 11 is 0. The molecule has 3 aromatic rings. The number of hydrogen-bond acceptors (Lipinski definition) is 6. The Morgan fingerprint density at radius 2 is 1.88 bits per heavy atom. The van der Waals surface area contributed by atoms with Crippen molar-refractivity contribution in [3.8, 4) is 0 Å². The number of aromatic amines is 1. The van der Waals surface area contributed by atoms with E-state index in [1.165, 1.54) is 6.07 Å². The predicted molar refractivity (Wildman–Crippen MR) is 120 cm³/mol. The number of hydrogen-bond donors (Lipinski definition) is 3. The van der Waals surface area contributed by atoms with Gasteiger partial charge in [-0.3, -0.25) is 9.59 Å². The summed E-state index contributed by atoms with van der Waals surface area (Å²) in [4.78, 5) is 28.0. The van der Waals surface area contributed by atoms with E-state index >= 15 is 0 Å². The Balaban J connectivity index is 1.69. The SMILES string of the molecule is C[C@@H](Nc1n[nH]c(=O)c2ccc(N3CCN(C)C(=O)C3)cc12)c1cc(N)cc(C(F)(F)F)c1. The van der Waals surface area contributed by atoms with E-state index in [1.807, 2.05) is 4.90 Å².